The van der Waals surface area contributed by atoms with Crippen LogP contribution in [0.1, 0.15) is 45.2 Å². The second kappa shape index (κ2) is 6.01. The summed E-state index contributed by atoms with van der Waals surface area (Å²) in [7, 11) is 0. The predicted octanol–water partition coefficient (Wildman–Crippen LogP) is 1.53. The molecule has 3 N–H and O–H groups in total. The molecule has 3 rings (SSSR count). The van der Waals surface area contributed by atoms with Gasteiger partial charge < -0.3 is 10.6 Å². The van der Waals surface area contributed by atoms with E-state index in [1.807, 2.05) is 11.0 Å². The average Bonchev–Trinajstić information content (AvgIpc) is 3.09. The number of likely N-dealkylation sites (tertiary alicyclic amines) is 1. The van der Waals surface area contributed by atoms with Crippen LogP contribution in [0.5, 0.6) is 0 Å². The van der Waals surface area contributed by atoms with Crippen LogP contribution in [0.2, 0.25) is 0 Å². The number of aromatic amines is 1. The van der Waals surface area contributed by atoms with Crippen LogP contribution in [0.25, 0.3) is 0 Å². The van der Waals surface area contributed by atoms with Crippen molar-refractivity contribution in [1.29, 1.82) is 0 Å². The summed E-state index contributed by atoms with van der Waals surface area (Å²) in [5.41, 5.74) is 7.26. The Bertz CT molecular complexity index is 673. The number of hydrogen-bond acceptors (Lipinski definition) is 3. The van der Waals surface area contributed by atoms with E-state index in [1.54, 1.807) is 30.5 Å². The fraction of sp³-hybridized carbons (Fsp3) is 0.312. The van der Waals surface area contributed by atoms with Crippen LogP contribution >= 0.6 is 0 Å². The molecule has 0 unspecified atom stereocenters. The van der Waals surface area contributed by atoms with Gasteiger partial charge >= 0.3 is 0 Å². The number of amides is 2. The minimum atomic E-state index is -0.521. The minimum absolute atomic E-state index is 0.0499. The van der Waals surface area contributed by atoms with Gasteiger partial charge in [0.1, 0.15) is 0 Å². The number of H-pyrrole nitrogens is 1. The van der Waals surface area contributed by atoms with Crippen LogP contribution in [0.3, 0.4) is 0 Å². The monoisotopic (exact) mass is 298 g/mol. The molecule has 0 saturated carbocycles. The standard InChI is InChI=1S/C16H18N4O2/c17-15(21)12-2-1-3-13(10-12)16(22)20-8-5-11(6-9-20)14-4-7-18-19-14/h1-4,7,10-11H,5-6,8-9H2,(H2,17,21)(H,18,19). The van der Waals surface area contributed by atoms with Crippen LogP contribution < -0.4 is 5.73 Å². The van der Waals surface area contributed by atoms with Crippen molar-refractivity contribution in [2.75, 3.05) is 13.1 Å². The van der Waals surface area contributed by atoms with Crippen molar-refractivity contribution in [2.24, 2.45) is 5.73 Å². The molecule has 2 heterocycles. The second-order valence-electron chi connectivity index (χ2n) is 5.52. The van der Waals surface area contributed by atoms with Gasteiger partial charge in [0.05, 0.1) is 0 Å². The maximum absolute atomic E-state index is 12.5. The highest BCUT2D eigenvalue weighted by Crippen LogP contribution is 2.27. The average molecular weight is 298 g/mol. The Balaban J connectivity index is 1.67. The Hall–Kier alpha value is -2.63. The SMILES string of the molecule is NC(=O)c1cccc(C(=O)N2CCC(c3ccn[nH]3)CC2)c1. The zero-order valence-electron chi connectivity index (χ0n) is 12.2. The first-order valence-electron chi connectivity index (χ1n) is 7.33. The number of piperidine rings is 1. The van der Waals surface area contributed by atoms with E-state index in [-0.39, 0.29) is 5.91 Å². The first-order chi connectivity index (χ1) is 10.6. The summed E-state index contributed by atoms with van der Waals surface area (Å²) in [6.07, 6.45) is 3.56. The summed E-state index contributed by atoms with van der Waals surface area (Å²) in [4.78, 5) is 25.6. The predicted molar refractivity (Wildman–Crippen MR) is 81.4 cm³/mol. The number of carbonyl (C=O) groups is 2. The summed E-state index contributed by atoms with van der Waals surface area (Å²) in [5, 5.41) is 6.97. The van der Waals surface area contributed by atoms with E-state index in [2.05, 4.69) is 10.2 Å². The van der Waals surface area contributed by atoms with Crippen molar-refractivity contribution in [3.05, 3.63) is 53.3 Å². The van der Waals surface area contributed by atoms with Crippen molar-refractivity contribution < 1.29 is 9.59 Å². The van der Waals surface area contributed by atoms with Gasteiger partial charge in [-0.3, -0.25) is 14.7 Å². The molecule has 0 radical (unpaired) electrons. The molecule has 0 spiro atoms. The molecule has 1 saturated heterocycles. The van der Waals surface area contributed by atoms with Crippen LogP contribution in [0.15, 0.2) is 36.5 Å². The lowest BCUT2D eigenvalue weighted by molar-refractivity contribution is 0.0712. The summed E-state index contributed by atoms with van der Waals surface area (Å²) in [6.45, 7) is 1.40. The number of aromatic nitrogens is 2. The van der Waals surface area contributed by atoms with Gasteiger partial charge in [-0.05, 0) is 37.1 Å². The normalized spacial score (nSPS) is 15.7. The van der Waals surface area contributed by atoms with Gasteiger partial charge in [0, 0.05) is 42.0 Å². The lowest BCUT2D eigenvalue weighted by atomic mass is 9.93. The quantitative estimate of drug-likeness (QED) is 0.900. The smallest absolute Gasteiger partial charge is 0.253 e. The third-order valence-electron chi connectivity index (χ3n) is 4.14. The van der Waals surface area contributed by atoms with Crippen LogP contribution in [-0.4, -0.2) is 40.0 Å². The Labute approximate surface area is 128 Å². The van der Waals surface area contributed by atoms with Crippen LogP contribution in [0, 0.1) is 0 Å². The maximum atomic E-state index is 12.5. The Morgan fingerprint density at radius 1 is 1.18 bits per heavy atom. The molecule has 0 bridgehead atoms. The fourth-order valence-corrected chi connectivity index (χ4v) is 2.88. The molecule has 1 aliphatic heterocycles. The third kappa shape index (κ3) is 2.86. The molecule has 2 aromatic rings. The molecular weight excluding hydrogens is 280 g/mol. The van der Waals surface area contributed by atoms with Gasteiger partial charge in [0.2, 0.25) is 5.91 Å². The number of nitrogens with one attached hydrogen (secondary N) is 1. The molecule has 1 aromatic heterocycles. The highest BCUT2D eigenvalue weighted by atomic mass is 16.2. The molecule has 1 aliphatic rings. The van der Waals surface area contributed by atoms with Crippen molar-refractivity contribution >= 4 is 11.8 Å². The Morgan fingerprint density at radius 3 is 2.55 bits per heavy atom. The molecule has 2 amide bonds. The third-order valence-corrected chi connectivity index (χ3v) is 4.14. The highest BCUT2D eigenvalue weighted by Gasteiger charge is 2.25. The van der Waals surface area contributed by atoms with E-state index < -0.39 is 5.91 Å². The molecule has 0 aliphatic carbocycles. The lowest BCUT2D eigenvalue weighted by Crippen LogP contribution is -2.38. The molecule has 6 nitrogen and oxygen atoms in total. The fourth-order valence-electron chi connectivity index (χ4n) is 2.88. The van der Waals surface area contributed by atoms with Gasteiger partial charge in [-0.15, -0.1) is 0 Å². The van der Waals surface area contributed by atoms with Gasteiger partial charge in [0.15, 0.2) is 0 Å². The van der Waals surface area contributed by atoms with E-state index in [0.717, 1.165) is 18.5 Å². The minimum Gasteiger partial charge on any atom is -0.366 e. The van der Waals surface area contributed by atoms with Gasteiger partial charge in [0.25, 0.3) is 5.91 Å². The number of carbonyl (C=O) groups excluding carboxylic acids is 2. The number of primary amides is 1. The molecule has 1 aromatic carbocycles. The van der Waals surface area contributed by atoms with Crippen molar-refractivity contribution in [3.8, 4) is 0 Å². The first-order valence-corrected chi connectivity index (χ1v) is 7.33. The Kier molecular flexibility index (Phi) is 3.91. The number of rotatable bonds is 3. The van der Waals surface area contributed by atoms with Crippen LogP contribution in [0.4, 0.5) is 0 Å². The topological polar surface area (TPSA) is 92.1 Å². The van der Waals surface area contributed by atoms with Crippen molar-refractivity contribution in [1.82, 2.24) is 15.1 Å². The number of hydrogen-bond donors (Lipinski definition) is 2. The van der Waals surface area contributed by atoms with Gasteiger partial charge in [-0.1, -0.05) is 6.07 Å². The number of nitrogens with two attached hydrogens (primary N) is 1. The van der Waals surface area contributed by atoms with E-state index in [4.69, 9.17) is 5.73 Å². The summed E-state index contributed by atoms with van der Waals surface area (Å²) >= 11 is 0. The largest absolute Gasteiger partial charge is 0.366 e. The molecule has 0 atom stereocenters. The second-order valence-corrected chi connectivity index (χ2v) is 5.52. The zero-order chi connectivity index (χ0) is 15.5. The Morgan fingerprint density at radius 2 is 1.91 bits per heavy atom. The molecule has 6 heteroatoms. The number of nitrogens with zero attached hydrogens (tertiary/aromatic N) is 2. The van der Waals surface area contributed by atoms with Crippen molar-refractivity contribution in [2.45, 2.75) is 18.8 Å². The summed E-state index contributed by atoms with van der Waals surface area (Å²) in [6, 6.07) is 8.56. The maximum Gasteiger partial charge on any atom is 0.253 e. The summed E-state index contributed by atoms with van der Waals surface area (Å²) in [5.74, 6) is -0.151. The van der Waals surface area contributed by atoms with Gasteiger partial charge in [-0.2, -0.15) is 5.10 Å². The van der Waals surface area contributed by atoms with E-state index in [1.165, 1.54) is 0 Å². The molecule has 22 heavy (non-hydrogen) atoms. The van der Waals surface area contributed by atoms with Crippen LogP contribution in [-0.2, 0) is 0 Å². The highest BCUT2D eigenvalue weighted by molar-refractivity contribution is 5.99. The van der Waals surface area contributed by atoms with Gasteiger partial charge in [-0.25, -0.2) is 0 Å². The first kappa shape index (κ1) is 14.3. The molecule has 114 valence electrons. The molecular formula is C16H18N4O2. The zero-order valence-corrected chi connectivity index (χ0v) is 12.2. The van der Waals surface area contributed by atoms with Crippen molar-refractivity contribution in [3.63, 3.8) is 0 Å². The van der Waals surface area contributed by atoms with E-state index >= 15 is 0 Å². The van der Waals surface area contributed by atoms with E-state index in [0.29, 0.717) is 30.1 Å². The van der Waals surface area contributed by atoms with E-state index in [9.17, 15) is 9.59 Å². The number of benzene rings is 1. The molecule has 1 fully saturated rings. The lowest BCUT2D eigenvalue weighted by Gasteiger charge is -2.31. The summed E-state index contributed by atoms with van der Waals surface area (Å²) < 4.78 is 0.